The maximum atomic E-state index is 4.03. The molecule has 1 aromatic carbocycles. The van der Waals surface area contributed by atoms with Crippen LogP contribution in [0.15, 0.2) is 22.7 Å². The van der Waals surface area contributed by atoms with Gasteiger partial charge in [0.05, 0.1) is 5.69 Å². The fourth-order valence-corrected chi connectivity index (χ4v) is 2.00. The summed E-state index contributed by atoms with van der Waals surface area (Å²) in [6.45, 7) is 4.17. The number of rotatable bonds is 3. The lowest BCUT2D eigenvalue weighted by molar-refractivity contribution is 0.742. The van der Waals surface area contributed by atoms with Crippen molar-refractivity contribution in [2.45, 2.75) is 26.7 Å². The third kappa shape index (κ3) is 2.00. The Morgan fingerprint density at radius 2 is 2.19 bits per heavy atom. The second kappa shape index (κ2) is 4.74. The van der Waals surface area contributed by atoms with Crippen LogP contribution in [-0.4, -0.2) is 20.2 Å². The molecule has 0 N–H and O–H groups in total. The Morgan fingerprint density at radius 1 is 1.38 bits per heavy atom. The van der Waals surface area contributed by atoms with Crippen LogP contribution in [0.1, 0.15) is 24.7 Å². The maximum Gasteiger partial charge on any atom is 0.156 e. The molecule has 0 bridgehead atoms. The maximum absolute atomic E-state index is 4.03. The molecule has 5 heteroatoms. The first kappa shape index (κ1) is 11.3. The first-order valence-electron chi connectivity index (χ1n) is 5.26. The normalized spacial score (nSPS) is 10.7. The molecule has 0 fully saturated rings. The van der Waals surface area contributed by atoms with E-state index in [4.69, 9.17) is 0 Å². The molecule has 2 aromatic rings. The highest BCUT2D eigenvalue weighted by molar-refractivity contribution is 9.10. The number of nitrogens with zero attached hydrogens (tertiary/aromatic N) is 4. The van der Waals surface area contributed by atoms with Gasteiger partial charge in [-0.2, -0.15) is 4.68 Å². The van der Waals surface area contributed by atoms with E-state index in [-0.39, 0.29) is 0 Å². The summed E-state index contributed by atoms with van der Waals surface area (Å²) in [5.74, 6) is 0.897. The van der Waals surface area contributed by atoms with Crippen LogP contribution in [0.5, 0.6) is 0 Å². The first-order chi connectivity index (χ1) is 7.74. The van der Waals surface area contributed by atoms with Crippen LogP contribution in [0, 0.1) is 6.92 Å². The summed E-state index contributed by atoms with van der Waals surface area (Å²) in [6, 6.07) is 6.07. The third-order valence-electron chi connectivity index (χ3n) is 2.41. The van der Waals surface area contributed by atoms with Crippen molar-refractivity contribution in [1.82, 2.24) is 20.2 Å². The molecule has 84 valence electrons. The Kier molecular flexibility index (Phi) is 3.33. The van der Waals surface area contributed by atoms with Gasteiger partial charge < -0.3 is 0 Å². The van der Waals surface area contributed by atoms with E-state index in [1.807, 2.05) is 12.1 Å². The Bertz CT molecular complexity index is 492. The molecular formula is C11H13BrN4. The van der Waals surface area contributed by atoms with Gasteiger partial charge in [-0.05, 0) is 51.3 Å². The van der Waals surface area contributed by atoms with Gasteiger partial charge in [0.15, 0.2) is 5.82 Å². The standard InChI is InChI=1S/C11H13BrN4/c1-3-5-10-13-14-15-16(10)9-7-4-6-8(2)11(9)12/h4,6-7H,3,5H2,1-2H3. The number of aromatic nitrogens is 4. The van der Waals surface area contributed by atoms with E-state index < -0.39 is 0 Å². The highest BCUT2D eigenvalue weighted by Gasteiger charge is 2.10. The van der Waals surface area contributed by atoms with Gasteiger partial charge in [0.2, 0.25) is 0 Å². The average molecular weight is 281 g/mol. The lowest BCUT2D eigenvalue weighted by Gasteiger charge is -2.07. The lowest BCUT2D eigenvalue weighted by Crippen LogP contribution is -2.04. The van der Waals surface area contributed by atoms with E-state index in [9.17, 15) is 0 Å². The molecular weight excluding hydrogens is 268 g/mol. The highest BCUT2D eigenvalue weighted by Crippen LogP contribution is 2.24. The Hall–Kier alpha value is -1.23. The third-order valence-corrected chi connectivity index (χ3v) is 3.44. The second-order valence-electron chi connectivity index (χ2n) is 3.66. The molecule has 0 unspecified atom stereocenters. The van der Waals surface area contributed by atoms with Gasteiger partial charge in [0.25, 0.3) is 0 Å². The molecule has 0 aliphatic heterocycles. The monoisotopic (exact) mass is 280 g/mol. The molecule has 0 amide bonds. The average Bonchev–Trinajstić information content (AvgIpc) is 2.71. The van der Waals surface area contributed by atoms with Crippen molar-refractivity contribution in [3.8, 4) is 5.69 Å². The lowest BCUT2D eigenvalue weighted by atomic mass is 10.2. The van der Waals surface area contributed by atoms with E-state index in [0.717, 1.165) is 28.8 Å². The molecule has 0 atom stereocenters. The molecule has 0 saturated heterocycles. The van der Waals surface area contributed by atoms with E-state index in [1.54, 1.807) is 4.68 Å². The molecule has 2 rings (SSSR count). The van der Waals surface area contributed by atoms with Crippen molar-refractivity contribution in [1.29, 1.82) is 0 Å². The van der Waals surface area contributed by atoms with Crippen LogP contribution in [0.3, 0.4) is 0 Å². The van der Waals surface area contributed by atoms with Gasteiger partial charge in [-0.1, -0.05) is 19.1 Å². The summed E-state index contributed by atoms with van der Waals surface area (Å²) in [4.78, 5) is 0. The zero-order valence-electron chi connectivity index (χ0n) is 9.31. The quantitative estimate of drug-likeness (QED) is 0.868. The number of aryl methyl sites for hydroxylation is 2. The van der Waals surface area contributed by atoms with Crippen LogP contribution < -0.4 is 0 Å². The number of benzene rings is 1. The van der Waals surface area contributed by atoms with Gasteiger partial charge in [-0.25, -0.2) is 0 Å². The minimum absolute atomic E-state index is 0.882. The topological polar surface area (TPSA) is 43.6 Å². The SMILES string of the molecule is CCCc1nnnn1-c1cccc(C)c1Br. The van der Waals surface area contributed by atoms with E-state index >= 15 is 0 Å². The van der Waals surface area contributed by atoms with Crippen molar-refractivity contribution in [3.05, 3.63) is 34.1 Å². The van der Waals surface area contributed by atoms with Crippen LogP contribution in [0.2, 0.25) is 0 Å². The molecule has 0 radical (unpaired) electrons. The first-order valence-corrected chi connectivity index (χ1v) is 6.06. The van der Waals surface area contributed by atoms with Gasteiger partial charge >= 0.3 is 0 Å². The molecule has 0 aliphatic rings. The predicted molar refractivity (Wildman–Crippen MR) is 65.6 cm³/mol. The summed E-state index contributed by atoms with van der Waals surface area (Å²) in [6.07, 6.45) is 1.91. The Labute approximate surface area is 103 Å². The number of tetrazole rings is 1. The Morgan fingerprint density at radius 3 is 2.94 bits per heavy atom. The van der Waals surface area contributed by atoms with E-state index in [2.05, 4.69) is 51.4 Å². The summed E-state index contributed by atoms with van der Waals surface area (Å²) >= 11 is 3.57. The Balaban J connectivity index is 2.50. The molecule has 0 saturated carbocycles. The summed E-state index contributed by atoms with van der Waals surface area (Å²) in [5, 5.41) is 11.8. The fourth-order valence-electron chi connectivity index (χ4n) is 1.57. The second-order valence-corrected chi connectivity index (χ2v) is 4.46. The molecule has 1 heterocycles. The fraction of sp³-hybridized carbons (Fsp3) is 0.364. The van der Waals surface area contributed by atoms with Gasteiger partial charge in [0, 0.05) is 10.9 Å². The minimum atomic E-state index is 0.882. The van der Waals surface area contributed by atoms with Crippen molar-refractivity contribution in [2.24, 2.45) is 0 Å². The highest BCUT2D eigenvalue weighted by atomic mass is 79.9. The number of hydrogen-bond acceptors (Lipinski definition) is 3. The smallest absolute Gasteiger partial charge is 0.156 e. The molecule has 0 aliphatic carbocycles. The summed E-state index contributed by atoms with van der Waals surface area (Å²) < 4.78 is 2.83. The van der Waals surface area contributed by atoms with Crippen molar-refractivity contribution >= 4 is 15.9 Å². The van der Waals surface area contributed by atoms with Crippen LogP contribution in [0.25, 0.3) is 5.69 Å². The zero-order chi connectivity index (χ0) is 11.5. The number of halogens is 1. The van der Waals surface area contributed by atoms with Gasteiger partial charge in [-0.15, -0.1) is 5.10 Å². The summed E-state index contributed by atoms with van der Waals surface area (Å²) in [5.41, 5.74) is 2.17. The summed E-state index contributed by atoms with van der Waals surface area (Å²) in [7, 11) is 0. The molecule has 0 spiro atoms. The largest absolute Gasteiger partial charge is 0.196 e. The number of hydrogen-bond donors (Lipinski definition) is 0. The molecule has 16 heavy (non-hydrogen) atoms. The molecule has 1 aromatic heterocycles. The predicted octanol–water partition coefficient (Wildman–Crippen LogP) is 2.69. The van der Waals surface area contributed by atoms with E-state index in [1.165, 1.54) is 5.56 Å². The van der Waals surface area contributed by atoms with Crippen molar-refractivity contribution in [3.63, 3.8) is 0 Å². The van der Waals surface area contributed by atoms with Gasteiger partial charge in [0.1, 0.15) is 0 Å². The molecule has 4 nitrogen and oxygen atoms in total. The minimum Gasteiger partial charge on any atom is -0.196 e. The van der Waals surface area contributed by atoms with Crippen molar-refractivity contribution < 1.29 is 0 Å². The van der Waals surface area contributed by atoms with Gasteiger partial charge in [-0.3, -0.25) is 0 Å². The van der Waals surface area contributed by atoms with Crippen LogP contribution >= 0.6 is 15.9 Å². The van der Waals surface area contributed by atoms with Crippen LogP contribution in [0.4, 0.5) is 0 Å². The van der Waals surface area contributed by atoms with E-state index in [0.29, 0.717) is 0 Å². The van der Waals surface area contributed by atoms with Crippen molar-refractivity contribution in [2.75, 3.05) is 0 Å². The zero-order valence-corrected chi connectivity index (χ0v) is 10.9. The van der Waals surface area contributed by atoms with Crippen LogP contribution in [-0.2, 0) is 6.42 Å².